The Morgan fingerprint density at radius 2 is 2.06 bits per heavy atom. The van der Waals surface area contributed by atoms with Crippen LogP contribution in [0.3, 0.4) is 0 Å². The van der Waals surface area contributed by atoms with Crippen LogP contribution in [0.15, 0.2) is 41.3 Å². The molecule has 82 valence electrons. The molecule has 0 saturated carbocycles. The second-order valence-corrected chi connectivity index (χ2v) is 4.32. The lowest BCUT2D eigenvalue weighted by atomic mass is 10.1. The van der Waals surface area contributed by atoms with E-state index in [1.807, 2.05) is 18.2 Å². The molecule has 0 aliphatic rings. The van der Waals surface area contributed by atoms with E-state index in [-0.39, 0.29) is 0 Å². The van der Waals surface area contributed by atoms with Crippen LogP contribution in [-0.2, 0) is 6.54 Å². The number of benzene rings is 1. The van der Waals surface area contributed by atoms with Gasteiger partial charge in [-0.15, -0.1) is 0 Å². The quantitative estimate of drug-likeness (QED) is 0.876. The summed E-state index contributed by atoms with van der Waals surface area (Å²) in [5, 5.41) is 3.26. The van der Waals surface area contributed by atoms with Gasteiger partial charge in [0.25, 0.3) is 0 Å². The topological polar surface area (TPSA) is 37.8 Å². The summed E-state index contributed by atoms with van der Waals surface area (Å²) in [5.41, 5.74) is 2.56. The number of rotatable bonds is 3. The monoisotopic (exact) mass is 277 g/mol. The fourth-order valence-corrected chi connectivity index (χ4v) is 1.73. The van der Waals surface area contributed by atoms with E-state index in [2.05, 4.69) is 50.3 Å². The Morgan fingerprint density at radius 3 is 2.81 bits per heavy atom. The maximum absolute atomic E-state index is 4.13. The summed E-state index contributed by atoms with van der Waals surface area (Å²) in [4.78, 5) is 8.11. The predicted octanol–water partition coefficient (Wildman–Crippen LogP) is 3.16. The van der Waals surface area contributed by atoms with Gasteiger partial charge < -0.3 is 5.32 Å². The van der Waals surface area contributed by atoms with Gasteiger partial charge in [-0.1, -0.05) is 24.3 Å². The van der Waals surface area contributed by atoms with Crippen molar-refractivity contribution in [1.82, 2.24) is 9.97 Å². The fraction of sp³-hybridized carbons (Fsp3) is 0.167. The SMILES string of the molecule is Cc1ccccc1CNc1cc(Br)ncn1. The van der Waals surface area contributed by atoms with E-state index in [9.17, 15) is 0 Å². The number of nitrogens with zero attached hydrogens (tertiary/aromatic N) is 2. The summed E-state index contributed by atoms with van der Waals surface area (Å²) >= 11 is 3.31. The first-order chi connectivity index (χ1) is 7.75. The molecule has 0 aliphatic heterocycles. The Hall–Kier alpha value is -1.42. The molecule has 0 bridgehead atoms. The lowest BCUT2D eigenvalue weighted by Gasteiger charge is -2.07. The number of halogens is 1. The molecular weight excluding hydrogens is 266 g/mol. The van der Waals surface area contributed by atoms with Gasteiger partial charge in [-0.25, -0.2) is 9.97 Å². The number of nitrogens with one attached hydrogen (secondary N) is 1. The van der Waals surface area contributed by atoms with E-state index in [4.69, 9.17) is 0 Å². The summed E-state index contributed by atoms with van der Waals surface area (Å²) in [6.45, 7) is 2.88. The highest BCUT2D eigenvalue weighted by atomic mass is 79.9. The van der Waals surface area contributed by atoms with Crippen molar-refractivity contribution in [1.29, 1.82) is 0 Å². The zero-order valence-electron chi connectivity index (χ0n) is 8.94. The molecule has 1 aromatic heterocycles. The Labute approximate surface area is 103 Å². The molecule has 0 unspecified atom stereocenters. The number of hydrogen-bond donors (Lipinski definition) is 1. The van der Waals surface area contributed by atoms with E-state index in [0.29, 0.717) is 0 Å². The van der Waals surface area contributed by atoms with Gasteiger partial charge in [0.2, 0.25) is 0 Å². The molecule has 1 heterocycles. The third-order valence-corrected chi connectivity index (χ3v) is 2.79. The molecule has 1 N–H and O–H groups in total. The minimum Gasteiger partial charge on any atom is -0.366 e. The first-order valence-electron chi connectivity index (χ1n) is 5.01. The molecule has 0 spiro atoms. The summed E-state index contributed by atoms with van der Waals surface area (Å²) < 4.78 is 0.787. The van der Waals surface area contributed by atoms with Crippen LogP contribution in [-0.4, -0.2) is 9.97 Å². The Kier molecular flexibility index (Phi) is 3.51. The molecule has 0 amide bonds. The Balaban J connectivity index is 2.05. The summed E-state index contributed by atoms with van der Waals surface area (Å²) in [6.07, 6.45) is 1.53. The van der Waals surface area contributed by atoms with Crippen LogP contribution < -0.4 is 5.32 Å². The molecule has 1 aromatic carbocycles. The Morgan fingerprint density at radius 1 is 1.25 bits per heavy atom. The largest absolute Gasteiger partial charge is 0.366 e. The predicted molar refractivity (Wildman–Crippen MR) is 68.2 cm³/mol. The lowest BCUT2D eigenvalue weighted by Crippen LogP contribution is -2.02. The van der Waals surface area contributed by atoms with Crippen LogP contribution in [0, 0.1) is 6.92 Å². The third-order valence-electron chi connectivity index (χ3n) is 2.35. The minimum absolute atomic E-state index is 0.774. The molecule has 3 nitrogen and oxygen atoms in total. The van der Waals surface area contributed by atoms with Crippen LogP contribution in [0.25, 0.3) is 0 Å². The molecule has 0 radical (unpaired) electrons. The number of aryl methyl sites for hydroxylation is 1. The van der Waals surface area contributed by atoms with Crippen LogP contribution in [0.5, 0.6) is 0 Å². The molecule has 0 saturated heterocycles. The van der Waals surface area contributed by atoms with E-state index in [1.165, 1.54) is 17.5 Å². The van der Waals surface area contributed by atoms with Gasteiger partial charge >= 0.3 is 0 Å². The van der Waals surface area contributed by atoms with E-state index in [0.717, 1.165) is 17.0 Å². The van der Waals surface area contributed by atoms with E-state index in [1.54, 1.807) is 0 Å². The first-order valence-corrected chi connectivity index (χ1v) is 5.81. The van der Waals surface area contributed by atoms with Crippen LogP contribution in [0.4, 0.5) is 5.82 Å². The van der Waals surface area contributed by atoms with Crippen molar-refractivity contribution in [3.8, 4) is 0 Å². The standard InChI is InChI=1S/C12H12BrN3/c1-9-4-2-3-5-10(9)7-14-12-6-11(13)15-8-16-12/h2-6,8H,7H2,1H3,(H,14,15,16). The highest BCUT2D eigenvalue weighted by molar-refractivity contribution is 9.10. The third kappa shape index (κ3) is 2.79. The summed E-state index contributed by atoms with van der Waals surface area (Å²) in [7, 11) is 0. The van der Waals surface area contributed by atoms with Gasteiger partial charge in [-0.05, 0) is 34.0 Å². The zero-order chi connectivity index (χ0) is 11.4. The lowest BCUT2D eigenvalue weighted by molar-refractivity contribution is 1.06. The van der Waals surface area contributed by atoms with Crippen molar-refractivity contribution in [3.63, 3.8) is 0 Å². The normalized spacial score (nSPS) is 10.1. The summed E-state index contributed by atoms with van der Waals surface area (Å²) in [6, 6.07) is 10.2. The highest BCUT2D eigenvalue weighted by Gasteiger charge is 1.98. The van der Waals surface area contributed by atoms with Crippen LogP contribution in [0.1, 0.15) is 11.1 Å². The van der Waals surface area contributed by atoms with Crippen molar-refractivity contribution >= 4 is 21.7 Å². The second-order valence-electron chi connectivity index (χ2n) is 3.51. The smallest absolute Gasteiger partial charge is 0.130 e. The average molecular weight is 278 g/mol. The van der Waals surface area contributed by atoms with Gasteiger partial charge in [0.1, 0.15) is 16.7 Å². The first kappa shape index (κ1) is 11.1. The van der Waals surface area contributed by atoms with Gasteiger partial charge in [-0.2, -0.15) is 0 Å². The minimum atomic E-state index is 0.774. The molecule has 0 fully saturated rings. The van der Waals surface area contributed by atoms with Crippen molar-refractivity contribution in [2.24, 2.45) is 0 Å². The summed E-state index contributed by atoms with van der Waals surface area (Å²) in [5.74, 6) is 0.824. The van der Waals surface area contributed by atoms with Crippen molar-refractivity contribution in [3.05, 3.63) is 52.4 Å². The fourth-order valence-electron chi connectivity index (χ4n) is 1.42. The van der Waals surface area contributed by atoms with Gasteiger partial charge in [0, 0.05) is 12.6 Å². The average Bonchev–Trinajstić information content (AvgIpc) is 2.28. The van der Waals surface area contributed by atoms with Gasteiger partial charge in [0.15, 0.2) is 0 Å². The van der Waals surface area contributed by atoms with Crippen molar-refractivity contribution < 1.29 is 0 Å². The van der Waals surface area contributed by atoms with Crippen LogP contribution >= 0.6 is 15.9 Å². The number of aromatic nitrogens is 2. The maximum Gasteiger partial charge on any atom is 0.130 e. The zero-order valence-corrected chi connectivity index (χ0v) is 10.5. The Bertz CT molecular complexity index is 485. The van der Waals surface area contributed by atoms with Crippen LogP contribution in [0.2, 0.25) is 0 Å². The molecule has 2 rings (SSSR count). The maximum atomic E-state index is 4.13. The van der Waals surface area contributed by atoms with Gasteiger partial charge in [0.05, 0.1) is 0 Å². The van der Waals surface area contributed by atoms with Crippen molar-refractivity contribution in [2.75, 3.05) is 5.32 Å². The molecule has 0 atom stereocenters. The number of hydrogen-bond acceptors (Lipinski definition) is 3. The molecule has 16 heavy (non-hydrogen) atoms. The molecule has 0 aliphatic carbocycles. The molecule has 4 heteroatoms. The second kappa shape index (κ2) is 5.07. The van der Waals surface area contributed by atoms with E-state index < -0.39 is 0 Å². The van der Waals surface area contributed by atoms with Gasteiger partial charge in [-0.3, -0.25) is 0 Å². The molecule has 2 aromatic rings. The molecular formula is C12H12BrN3. The highest BCUT2D eigenvalue weighted by Crippen LogP contribution is 2.12. The number of anilines is 1. The van der Waals surface area contributed by atoms with E-state index >= 15 is 0 Å². The van der Waals surface area contributed by atoms with Crippen molar-refractivity contribution in [2.45, 2.75) is 13.5 Å².